The third-order valence-electron chi connectivity index (χ3n) is 2.31. The van der Waals surface area contributed by atoms with Gasteiger partial charge in [-0.1, -0.05) is 20.3 Å². The van der Waals surface area contributed by atoms with Gasteiger partial charge in [-0.3, -0.25) is 0 Å². The van der Waals surface area contributed by atoms with Gasteiger partial charge in [0.15, 0.2) is 0 Å². The average molecular weight is 203 g/mol. The van der Waals surface area contributed by atoms with Crippen LogP contribution in [0, 0.1) is 0 Å². The van der Waals surface area contributed by atoms with E-state index in [-0.39, 0.29) is 0 Å². The lowest BCUT2D eigenvalue weighted by molar-refractivity contribution is 0.0187. The van der Waals surface area contributed by atoms with Crippen molar-refractivity contribution in [1.29, 1.82) is 0 Å². The van der Waals surface area contributed by atoms with Gasteiger partial charge in [-0.25, -0.2) is 0 Å². The van der Waals surface area contributed by atoms with E-state index >= 15 is 0 Å². The van der Waals surface area contributed by atoms with E-state index in [1.807, 2.05) is 0 Å². The van der Waals surface area contributed by atoms with Crippen LogP contribution in [0.15, 0.2) is 0 Å². The number of nitrogens with two attached hydrogens (primary N) is 1. The molecule has 2 N–H and O–H groups in total. The zero-order chi connectivity index (χ0) is 10.1. The highest BCUT2D eigenvalue weighted by atomic mass is 28.1. The van der Waals surface area contributed by atoms with Crippen LogP contribution in [0.2, 0.25) is 0 Å². The summed E-state index contributed by atoms with van der Waals surface area (Å²) >= 11 is 0. The van der Waals surface area contributed by atoms with Gasteiger partial charge < -0.3 is 10.5 Å². The Morgan fingerprint density at radius 3 is 2.46 bits per heavy atom. The molecule has 0 radical (unpaired) electrons. The summed E-state index contributed by atoms with van der Waals surface area (Å²) in [5, 5.41) is 0. The lowest BCUT2D eigenvalue weighted by atomic mass is 10.1. The van der Waals surface area contributed by atoms with Crippen LogP contribution in [0.3, 0.4) is 0 Å². The highest BCUT2D eigenvalue weighted by molar-refractivity contribution is 6.10. The highest BCUT2D eigenvalue weighted by Gasteiger charge is 2.09. The maximum atomic E-state index is 5.95. The Labute approximate surface area is 85.6 Å². The van der Waals surface area contributed by atoms with Gasteiger partial charge in [-0.05, 0) is 32.2 Å². The molecule has 0 aliphatic rings. The van der Waals surface area contributed by atoms with Gasteiger partial charge in [-0.15, -0.1) is 0 Å². The normalized spacial score (nSPS) is 15.9. The summed E-state index contributed by atoms with van der Waals surface area (Å²) in [6.45, 7) is 5.22. The average Bonchev–Trinajstić information content (AvgIpc) is 2.14. The SMILES string of the molecule is CCCC(CC)OC([SiH3])CCCN. The molecule has 0 aromatic carbocycles. The maximum absolute atomic E-state index is 5.95. The molecule has 0 saturated carbocycles. The fourth-order valence-corrected chi connectivity index (χ4v) is 2.29. The van der Waals surface area contributed by atoms with E-state index in [2.05, 4.69) is 13.8 Å². The molecule has 80 valence electrons. The van der Waals surface area contributed by atoms with Gasteiger partial charge in [-0.2, -0.15) is 0 Å². The Morgan fingerprint density at radius 2 is 2.00 bits per heavy atom. The van der Waals surface area contributed by atoms with E-state index in [1.165, 1.54) is 12.8 Å². The molecule has 0 amide bonds. The Hall–Kier alpha value is 0.137. The van der Waals surface area contributed by atoms with E-state index in [0.717, 1.165) is 36.0 Å². The molecule has 0 aliphatic heterocycles. The quantitative estimate of drug-likeness (QED) is 0.598. The summed E-state index contributed by atoms with van der Waals surface area (Å²) in [5.74, 6) is 0. The monoisotopic (exact) mass is 203 g/mol. The molecule has 2 unspecified atom stereocenters. The molecule has 0 saturated heterocycles. The van der Waals surface area contributed by atoms with Crippen LogP contribution >= 0.6 is 0 Å². The van der Waals surface area contributed by atoms with Crippen LogP contribution in [0.4, 0.5) is 0 Å². The first-order valence-corrected chi connectivity index (χ1v) is 6.75. The minimum Gasteiger partial charge on any atom is -0.379 e. The molecular formula is C10H25NOSi. The van der Waals surface area contributed by atoms with Crippen LogP contribution in [0.25, 0.3) is 0 Å². The first-order valence-electron chi connectivity index (χ1n) is 5.60. The molecule has 0 bridgehead atoms. The van der Waals surface area contributed by atoms with Crippen molar-refractivity contribution in [3.8, 4) is 0 Å². The lowest BCUT2D eigenvalue weighted by Crippen LogP contribution is -2.22. The van der Waals surface area contributed by atoms with Crippen LogP contribution < -0.4 is 5.73 Å². The van der Waals surface area contributed by atoms with Crippen LogP contribution in [-0.2, 0) is 4.74 Å². The highest BCUT2D eigenvalue weighted by Crippen LogP contribution is 2.10. The van der Waals surface area contributed by atoms with Crippen molar-refractivity contribution in [3.05, 3.63) is 0 Å². The Morgan fingerprint density at radius 1 is 1.31 bits per heavy atom. The predicted octanol–water partition coefficient (Wildman–Crippen LogP) is 1.01. The zero-order valence-corrected chi connectivity index (χ0v) is 11.4. The summed E-state index contributed by atoms with van der Waals surface area (Å²) < 4.78 is 5.95. The molecule has 0 rings (SSSR count). The van der Waals surface area contributed by atoms with Crippen molar-refractivity contribution in [2.75, 3.05) is 6.54 Å². The fourth-order valence-electron chi connectivity index (χ4n) is 1.49. The van der Waals surface area contributed by atoms with Crippen LogP contribution in [0.1, 0.15) is 46.0 Å². The van der Waals surface area contributed by atoms with Gasteiger partial charge in [0.1, 0.15) is 0 Å². The molecule has 0 aliphatic carbocycles. The first kappa shape index (κ1) is 13.1. The Kier molecular flexibility index (Phi) is 8.81. The summed E-state index contributed by atoms with van der Waals surface area (Å²) in [4.78, 5) is 0. The van der Waals surface area contributed by atoms with Crippen molar-refractivity contribution in [2.45, 2.75) is 57.8 Å². The number of hydrogen-bond acceptors (Lipinski definition) is 2. The molecule has 0 aromatic heterocycles. The number of hydrogen-bond donors (Lipinski definition) is 1. The van der Waals surface area contributed by atoms with Crippen LogP contribution in [-0.4, -0.2) is 28.6 Å². The minimum absolute atomic E-state index is 0.491. The zero-order valence-electron chi connectivity index (χ0n) is 9.38. The molecule has 2 atom stereocenters. The van der Waals surface area contributed by atoms with Gasteiger partial charge in [0.05, 0.1) is 6.10 Å². The molecule has 3 heteroatoms. The standard InChI is InChI=1S/C10H25NOSi/c1-3-6-9(4-2)12-10(13)7-5-8-11/h9-10H,3-8,11H2,1-2,13H3. The third-order valence-corrected chi connectivity index (χ3v) is 3.16. The summed E-state index contributed by atoms with van der Waals surface area (Å²) in [7, 11) is 1.14. The van der Waals surface area contributed by atoms with Crippen molar-refractivity contribution >= 4 is 10.2 Å². The lowest BCUT2D eigenvalue weighted by Gasteiger charge is -2.20. The van der Waals surface area contributed by atoms with Crippen molar-refractivity contribution in [1.82, 2.24) is 0 Å². The fraction of sp³-hybridized carbons (Fsp3) is 1.00. The summed E-state index contributed by atoms with van der Waals surface area (Å²) in [5.41, 5.74) is 5.97. The van der Waals surface area contributed by atoms with Gasteiger partial charge in [0.25, 0.3) is 0 Å². The molecule has 0 heterocycles. The minimum atomic E-state index is 0.491. The first-order chi connectivity index (χ1) is 6.24. The maximum Gasteiger partial charge on any atom is 0.0571 e. The van der Waals surface area contributed by atoms with E-state index < -0.39 is 0 Å². The molecule has 0 spiro atoms. The van der Waals surface area contributed by atoms with Gasteiger partial charge in [0, 0.05) is 16.0 Å². The van der Waals surface area contributed by atoms with Crippen molar-refractivity contribution in [2.24, 2.45) is 5.73 Å². The third kappa shape index (κ3) is 7.23. The summed E-state index contributed by atoms with van der Waals surface area (Å²) in [6.07, 6.45) is 6.33. The Bertz CT molecular complexity index is 111. The smallest absolute Gasteiger partial charge is 0.0571 e. The van der Waals surface area contributed by atoms with Gasteiger partial charge in [0.2, 0.25) is 0 Å². The second kappa shape index (κ2) is 8.72. The van der Waals surface area contributed by atoms with E-state index in [1.54, 1.807) is 0 Å². The second-order valence-electron chi connectivity index (χ2n) is 3.70. The number of rotatable bonds is 8. The molecule has 13 heavy (non-hydrogen) atoms. The molecule has 0 fully saturated rings. The molecular weight excluding hydrogens is 178 g/mol. The Balaban J connectivity index is 3.53. The van der Waals surface area contributed by atoms with Crippen molar-refractivity contribution in [3.63, 3.8) is 0 Å². The molecule has 2 nitrogen and oxygen atoms in total. The molecule has 0 aromatic rings. The largest absolute Gasteiger partial charge is 0.379 e. The second-order valence-corrected chi connectivity index (χ2v) is 4.98. The van der Waals surface area contributed by atoms with E-state index in [0.29, 0.717) is 11.8 Å². The summed E-state index contributed by atoms with van der Waals surface area (Å²) in [6, 6.07) is 0. The van der Waals surface area contributed by atoms with E-state index in [4.69, 9.17) is 10.5 Å². The predicted molar refractivity (Wildman–Crippen MR) is 62.1 cm³/mol. The van der Waals surface area contributed by atoms with E-state index in [9.17, 15) is 0 Å². The topological polar surface area (TPSA) is 35.2 Å². The van der Waals surface area contributed by atoms with Gasteiger partial charge >= 0.3 is 0 Å². The van der Waals surface area contributed by atoms with Crippen LogP contribution in [0.5, 0.6) is 0 Å². The number of ether oxygens (including phenoxy) is 1. The van der Waals surface area contributed by atoms with Crippen molar-refractivity contribution < 1.29 is 4.74 Å².